The number of aromatic nitrogens is 2. The molecule has 0 saturated heterocycles. The third-order valence-electron chi connectivity index (χ3n) is 4.92. The molecule has 160 valence electrons. The van der Waals surface area contributed by atoms with Crippen LogP contribution >= 0.6 is 0 Å². The molecular formula is C23H23N3O5. The summed E-state index contributed by atoms with van der Waals surface area (Å²) in [6.07, 6.45) is 2.47. The lowest BCUT2D eigenvalue weighted by Gasteiger charge is -2.26. The van der Waals surface area contributed by atoms with Crippen LogP contribution in [-0.2, 0) is 11.2 Å². The first-order valence-corrected chi connectivity index (χ1v) is 9.70. The maximum atomic E-state index is 12.5. The van der Waals surface area contributed by atoms with Crippen LogP contribution in [0.1, 0.15) is 29.3 Å². The summed E-state index contributed by atoms with van der Waals surface area (Å²) < 4.78 is 0. The van der Waals surface area contributed by atoms with E-state index in [9.17, 15) is 24.6 Å². The molecule has 0 aliphatic rings. The minimum atomic E-state index is -2.02. The van der Waals surface area contributed by atoms with Gasteiger partial charge in [0.1, 0.15) is 0 Å². The number of H-pyrrole nitrogens is 1. The Bertz CT molecular complexity index is 1090. The lowest BCUT2D eigenvalue weighted by Crippen LogP contribution is -2.46. The first-order chi connectivity index (χ1) is 14.7. The van der Waals surface area contributed by atoms with Gasteiger partial charge in [0.25, 0.3) is 5.91 Å². The highest BCUT2D eigenvalue weighted by molar-refractivity contribution is 5.93. The van der Waals surface area contributed by atoms with E-state index in [-0.39, 0.29) is 12.0 Å². The van der Waals surface area contributed by atoms with Gasteiger partial charge in [-0.15, -0.1) is 0 Å². The van der Waals surface area contributed by atoms with Gasteiger partial charge in [0, 0.05) is 24.9 Å². The number of rotatable bonds is 8. The van der Waals surface area contributed by atoms with Crippen LogP contribution in [0.3, 0.4) is 0 Å². The van der Waals surface area contributed by atoms with Crippen molar-refractivity contribution in [3.05, 3.63) is 88.6 Å². The largest absolute Gasteiger partial charge is 0.479 e. The van der Waals surface area contributed by atoms with Gasteiger partial charge in [-0.2, -0.15) is 0 Å². The van der Waals surface area contributed by atoms with Crippen LogP contribution in [0, 0.1) is 0 Å². The number of amides is 1. The van der Waals surface area contributed by atoms with Crippen molar-refractivity contribution < 1.29 is 19.8 Å². The SMILES string of the molecule is CC(O)(C[C@@H](Cc1ccc(-c2ccccc2)cc1)NC(=O)c1cnc(=O)[nH]c1)C(=O)O. The van der Waals surface area contributed by atoms with E-state index in [1.54, 1.807) is 0 Å². The lowest BCUT2D eigenvalue weighted by atomic mass is 9.92. The Labute approximate surface area is 178 Å². The summed E-state index contributed by atoms with van der Waals surface area (Å²) in [7, 11) is 0. The van der Waals surface area contributed by atoms with E-state index in [0.29, 0.717) is 6.42 Å². The Morgan fingerprint density at radius 3 is 2.32 bits per heavy atom. The zero-order chi connectivity index (χ0) is 22.4. The van der Waals surface area contributed by atoms with Gasteiger partial charge in [0.2, 0.25) is 0 Å². The van der Waals surface area contributed by atoms with Crippen molar-refractivity contribution in [1.29, 1.82) is 0 Å². The summed E-state index contributed by atoms with van der Waals surface area (Å²) in [6.45, 7) is 1.19. The second kappa shape index (κ2) is 9.36. The predicted octanol–water partition coefficient (Wildman–Crippen LogP) is 2.00. The molecule has 0 spiro atoms. The lowest BCUT2D eigenvalue weighted by molar-refractivity contribution is -0.157. The predicted molar refractivity (Wildman–Crippen MR) is 115 cm³/mol. The Hall–Kier alpha value is -3.78. The van der Waals surface area contributed by atoms with E-state index < -0.39 is 29.2 Å². The molecule has 1 amide bonds. The van der Waals surface area contributed by atoms with Gasteiger partial charge in [-0.05, 0) is 30.0 Å². The first kappa shape index (κ1) is 21.9. The summed E-state index contributed by atoms with van der Waals surface area (Å²) in [5.74, 6) is -1.91. The highest BCUT2D eigenvalue weighted by atomic mass is 16.4. The maximum absolute atomic E-state index is 12.5. The van der Waals surface area contributed by atoms with Crippen LogP contribution in [0.4, 0.5) is 0 Å². The Kier molecular flexibility index (Phi) is 6.61. The zero-order valence-electron chi connectivity index (χ0n) is 16.9. The maximum Gasteiger partial charge on any atom is 0.344 e. The summed E-state index contributed by atoms with van der Waals surface area (Å²) in [5.41, 5.74) is 0.482. The second-order valence-corrected chi connectivity index (χ2v) is 7.53. The van der Waals surface area contributed by atoms with Crippen LogP contribution in [0.25, 0.3) is 11.1 Å². The van der Waals surface area contributed by atoms with Crippen molar-refractivity contribution in [2.75, 3.05) is 0 Å². The zero-order valence-corrected chi connectivity index (χ0v) is 16.9. The van der Waals surface area contributed by atoms with E-state index in [2.05, 4.69) is 15.3 Å². The minimum absolute atomic E-state index is 0.124. The van der Waals surface area contributed by atoms with Gasteiger partial charge >= 0.3 is 11.7 Å². The van der Waals surface area contributed by atoms with E-state index in [4.69, 9.17) is 0 Å². The van der Waals surface area contributed by atoms with Crippen molar-refractivity contribution >= 4 is 11.9 Å². The van der Waals surface area contributed by atoms with Gasteiger partial charge in [-0.3, -0.25) is 4.79 Å². The van der Waals surface area contributed by atoms with Gasteiger partial charge in [0.15, 0.2) is 5.60 Å². The number of carbonyl (C=O) groups is 2. The van der Waals surface area contributed by atoms with E-state index in [1.807, 2.05) is 54.6 Å². The van der Waals surface area contributed by atoms with Crippen LogP contribution < -0.4 is 11.0 Å². The molecule has 1 heterocycles. The van der Waals surface area contributed by atoms with Gasteiger partial charge in [-0.1, -0.05) is 54.6 Å². The molecule has 8 heteroatoms. The Morgan fingerprint density at radius 2 is 1.74 bits per heavy atom. The number of aromatic amines is 1. The standard InChI is InChI=1S/C23H23N3O5/c1-23(31,21(28)29)12-19(26-20(27)18-13-24-22(30)25-14-18)11-15-7-9-17(10-8-15)16-5-3-2-4-6-16/h2-10,13-14,19,31H,11-12H2,1H3,(H,26,27)(H,28,29)(H,24,25,30)/t19-,23?/m1/s1. The van der Waals surface area contributed by atoms with Gasteiger partial charge in [0.05, 0.1) is 5.56 Å². The van der Waals surface area contributed by atoms with Crippen molar-refractivity contribution in [1.82, 2.24) is 15.3 Å². The Balaban J connectivity index is 1.78. The number of carboxylic acids is 1. The molecule has 0 radical (unpaired) electrons. The van der Waals surface area contributed by atoms with Crippen LogP contribution in [0.5, 0.6) is 0 Å². The first-order valence-electron chi connectivity index (χ1n) is 9.70. The normalized spacial score (nSPS) is 13.7. The number of benzene rings is 2. The molecule has 8 nitrogen and oxygen atoms in total. The fourth-order valence-corrected chi connectivity index (χ4v) is 3.22. The van der Waals surface area contributed by atoms with E-state index >= 15 is 0 Å². The quantitative estimate of drug-likeness (QED) is 0.440. The Morgan fingerprint density at radius 1 is 1.10 bits per heavy atom. The monoisotopic (exact) mass is 421 g/mol. The number of carboxylic acid groups (broad SMARTS) is 1. The van der Waals surface area contributed by atoms with E-state index in [1.165, 1.54) is 13.1 Å². The average molecular weight is 421 g/mol. The van der Waals surface area contributed by atoms with E-state index in [0.717, 1.165) is 22.9 Å². The van der Waals surface area contributed by atoms with Crippen LogP contribution in [0.15, 0.2) is 71.8 Å². The number of aliphatic hydroxyl groups is 1. The molecule has 2 atom stereocenters. The number of carbonyl (C=O) groups excluding carboxylic acids is 1. The van der Waals surface area contributed by atoms with Crippen molar-refractivity contribution in [3.63, 3.8) is 0 Å². The third-order valence-corrected chi connectivity index (χ3v) is 4.92. The number of aliphatic carboxylic acids is 1. The second-order valence-electron chi connectivity index (χ2n) is 7.53. The third kappa shape index (κ3) is 5.86. The molecule has 3 aromatic rings. The number of hydrogen-bond donors (Lipinski definition) is 4. The molecule has 0 fully saturated rings. The molecule has 4 N–H and O–H groups in total. The molecule has 3 rings (SSSR count). The summed E-state index contributed by atoms with van der Waals surface area (Å²) >= 11 is 0. The van der Waals surface area contributed by atoms with Gasteiger partial charge in [-0.25, -0.2) is 14.6 Å². The van der Waals surface area contributed by atoms with Crippen molar-refractivity contribution in [2.45, 2.75) is 31.4 Å². The number of nitrogens with one attached hydrogen (secondary N) is 2. The van der Waals surface area contributed by atoms with Crippen LogP contribution in [0.2, 0.25) is 0 Å². The molecule has 0 saturated carbocycles. The van der Waals surface area contributed by atoms with Crippen molar-refractivity contribution in [2.24, 2.45) is 0 Å². The summed E-state index contributed by atoms with van der Waals surface area (Å²) in [4.78, 5) is 40.9. The molecule has 31 heavy (non-hydrogen) atoms. The molecule has 0 aliphatic heterocycles. The number of hydrogen-bond acceptors (Lipinski definition) is 5. The summed E-state index contributed by atoms with van der Waals surface area (Å²) in [5, 5.41) is 22.3. The molecule has 2 aromatic carbocycles. The van der Waals surface area contributed by atoms with Crippen LogP contribution in [-0.4, -0.2) is 43.7 Å². The molecule has 0 bridgehead atoms. The highest BCUT2D eigenvalue weighted by Gasteiger charge is 2.34. The molecule has 1 aromatic heterocycles. The van der Waals surface area contributed by atoms with Gasteiger partial charge < -0.3 is 20.5 Å². The molecular weight excluding hydrogens is 398 g/mol. The fourth-order valence-electron chi connectivity index (χ4n) is 3.22. The highest BCUT2D eigenvalue weighted by Crippen LogP contribution is 2.21. The minimum Gasteiger partial charge on any atom is -0.479 e. The fraction of sp³-hybridized carbons (Fsp3) is 0.217. The molecule has 1 unspecified atom stereocenters. The topological polar surface area (TPSA) is 132 Å². The average Bonchev–Trinajstić information content (AvgIpc) is 2.75. The summed E-state index contributed by atoms with van der Waals surface area (Å²) in [6, 6.07) is 16.9. The number of nitrogens with zero attached hydrogens (tertiary/aromatic N) is 1. The molecule has 0 aliphatic carbocycles. The smallest absolute Gasteiger partial charge is 0.344 e. The van der Waals surface area contributed by atoms with Crippen molar-refractivity contribution in [3.8, 4) is 11.1 Å².